The van der Waals surface area contributed by atoms with Gasteiger partial charge in [-0.2, -0.15) is 0 Å². The van der Waals surface area contributed by atoms with Crippen molar-refractivity contribution in [2.75, 3.05) is 0 Å². The summed E-state index contributed by atoms with van der Waals surface area (Å²) in [6.45, 7) is 2.22. The van der Waals surface area contributed by atoms with Gasteiger partial charge in [-0.3, -0.25) is 0 Å². The van der Waals surface area contributed by atoms with Gasteiger partial charge in [0.05, 0.1) is 0 Å². The summed E-state index contributed by atoms with van der Waals surface area (Å²) in [5.41, 5.74) is 0. The maximum atomic E-state index is 10.1. The van der Waals surface area contributed by atoms with Gasteiger partial charge in [0, 0.05) is 5.97 Å². The molecule has 0 atom stereocenters. The van der Waals surface area contributed by atoms with Gasteiger partial charge >= 0.3 is 59.1 Å². The Morgan fingerprint density at radius 2 is 1.19 bits per heavy atom. The van der Waals surface area contributed by atoms with Crippen molar-refractivity contribution < 1.29 is 69.0 Å². The first-order valence-corrected chi connectivity index (χ1v) is 5.97. The van der Waals surface area contributed by atoms with Gasteiger partial charge in [0.2, 0.25) is 0 Å². The van der Waals surface area contributed by atoms with E-state index in [0.717, 1.165) is 12.8 Å². The molecular weight excluding hydrogens is 222 g/mol. The summed E-state index contributed by atoms with van der Waals surface area (Å²) in [5, 5.41) is 10.1. The van der Waals surface area contributed by atoms with Crippen LogP contribution in [0.3, 0.4) is 0 Å². The maximum Gasteiger partial charge on any atom is 1.00 e. The Bertz CT molecular complexity index is 141. The maximum absolute atomic E-state index is 10.1. The summed E-state index contributed by atoms with van der Waals surface area (Å²) in [6.07, 6.45) is 11.2. The average Bonchev–Trinajstić information content (AvgIpc) is 2.15. The molecule has 0 fully saturated rings. The summed E-state index contributed by atoms with van der Waals surface area (Å²) >= 11 is 0. The molecule has 0 aliphatic heterocycles. The Hall–Kier alpha value is 1.47. The molecule has 2 nitrogen and oxygen atoms in total. The Kier molecular flexibility index (Phi) is 26.6. The molecule has 0 aliphatic rings. The summed E-state index contributed by atoms with van der Waals surface area (Å²) in [6, 6.07) is 0. The number of rotatable bonds is 10. The van der Waals surface area contributed by atoms with E-state index in [-0.39, 0.29) is 65.5 Å². The van der Waals surface area contributed by atoms with E-state index in [1.165, 1.54) is 44.9 Å². The van der Waals surface area contributed by atoms with Crippen LogP contribution in [0.25, 0.3) is 0 Å². The second-order valence-corrected chi connectivity index (χ2v) is 3.95. The topological polar surface area (TPSA) is 40.1 Å². The minimum absolute atomic E-state index is 0. The van der Waals surface area contributed by atoms with E-state index in [1.807, 2.05) is 0 Å². The number of carbonyl (C=O) groups is 1. The third kappa shape index (κ3) is 20.8. The molecule has 0 bridgehead atoms. The fraction of sp³-hybridized carbons (Fsp3) is 0.917. The van der Waals surface area contributed by atoms with Crippen LogP contribution in [0.4, 0.5) is 0 Å². The van der Waals surface area contributed by atoms with Crippen LogP contribution in [0.2, 0.25) is 0 Å². The number of hydrogen-bond donors (Lipinski definition) is 0. The second kappa shape index (κ2) is 18.8. The SMILES string of the molecule is CCCCCCCCCCCC(=O)[O-].[Na+].[Na+]. The fourth-order valence-electron chi connectivity index (χ4n) is 1.58. The van der Waals surface area contributed by atoms with Gasteiger partial charge in [-0.25, -0.2) is 0 Å². The van der Waals surface area contributed by atoms with E-state index >= 15 is 0 Å². The molecule has 0 rings (SSSR count). The van der Waals surface area contributed by atoms with Crippen molar-refractivity contribution in [1.29, 1.82) is 0 Å². The van der Waals surface area contributed by atoms with Gasteiger partial charge in [-0.15, -0.1) is 0 Å². The molecule has 0 aromatic heterocycles. The first-order valence-electron chi connectivity index (χ1n) is 5.97. The molecule has 0 saturated carbocycles. The minimum Gasteiger partial charge on any atom is -0.550 e. The van der Waals surface area contributed by atoms with Crippen molar-refractivity contribution in [2.45, 2.75) is 71.1 Å². The van der Waals surface area contributed by atoms with Crippen LogP contribution >= 0.6 is 0 Å². The van der Waals surface area contributed by atoms with E-state index in [0.29, 0.717) is 0 Å². The van der Waals surface area contributed by atoms with Crippen LogP contribution in [0.15, 0.2) is 0 Å². The molecule has 0 N–H and O–H groups in total. The number of aliphatic carboxylic acids is 1. The van der Waals surface area contributed by atoms with Gasteiger partial charge in [0.25, 0.3) is 0 Å². The molecule has 16 heavy (non-hydrogen) atoms. The van der Waals surface area contributed by atoms with E-state index in [9.17, 15) is 9.90 Å². The monoisotopic (exact) mass is 245 g/mol. The van der Waals surface area contributed by atoms with Crippen LogP contribution in [0, 0.1) is 0 Å². The van der Waals surface area contributed by atoms with Gasteiger partial charge in [0.15, 0.2) is 0 Å². The quantitative estimate of drug-likeness (QED) is 0.298. The molecule has 0 saturated heterocycles. The Balaban J connectivity index is -0.000000845. The zero-order valence-electron chi connectivity index (χ0n) is 11.4. The van der Waals surface area contributed by atoms with Crippen molar-refractivity contribution in [3.63, 3.8) is 0 Å². The summed E-state index contributed by atoms with van der Waals surface area (Å²) in [5.74, 6) is -0.909. The molecule has 0 aliphatic carbocycles. The molecule has 0 unspecified atom stereocenters. The first-order chi connectivity index (χ1) is 6.77. The van der Waals surface area contributed by atoms with Gasteiger partial charge in [0.1, 0.15) is 0 Å². The van der Waals surface area contributed by atoms with Crippen molar-refractivity contribution in [1.82, 2.24) is 0 Å². The fourth-order valence-corrected chi connectivity index (χ4v) is 1.58. The van der Waals surface area contributed by atoms with Crippen molar-refractivity contribution in [3.8, 4) is 0 Å². The summed E-state index contributed by atoms with van der Waals surface area (Å²) < 4.78 is 0. The second-order valence-electron chi connectivity index (χ2n) is 3.95. The van der Waals surface area contributed by atoms with Crippen LogP contribution in [-0.4, -0.2) is 5.97 Å². The molecule has 0 aromatic rings. The molecule has 0 spiro atoms. The Morgan fingerprint density at radius 3 is 1.56 bits per heavy atom. The van der Waals surface area contributed by atoms with E-state index in [1.54, 1.807) is 0 Å². The molecule has 0 heterocycles. The third-order valence-corrected chi connectivity index (χ3v) is 2.48. The number of carboxylic acid groups (broad SMARTS) is 1. The van der Waals surface area contributed by atoms with Crippen LogP contribution in [0.1, 0.15) is 71.1 Å². The standard InChI is InChI=1S/C12H24O2.2Na/c1-2-3-4-5-6-7-8-9-10-11-12(13)14;;/h2-11H2,1H3,(H,13,14);;/q;2*+1/p-1. The molecule has 0 aromatic carbocycles. The Morgan fingerprint density at radius 1 is 0.812 bits per heavy atom. The molecule has 4 heteroatoms. The first kappa shape index (κ1) is 22.6. The summed E-state index contributed by atoms with van der Waals surface area (Å²) in [4.78, 5) is 10.1. The predicted molar refractivity (Wildman–Crippen MR) is 56.9 cm³/mol. The third-order valence-electron chi connectivity index (χ3n) is 2.48. The van der Waals surface area contributed by atoms with Gasteiger partial charge < -0.3 is 9.90 Å². The van der Waals surface area contributed by atoms with Crippen LogP contribution < -0.4 is 64.2 Å². The van der Waals surface area contributed by atoms with E-state index in [4.69, 9.17) is 0 Å². The number of carbonyl (C=O) groups excluding carboxylic acids is 1. The Labute approximate surface area is 145 Å². The predicted octanol–water partition coefficient (Wildman–Crippen LogP) is -3.33. The molecule has 0 radical (unpaired) electrons. The largest absolute Gasteiger partial charge is 1.00 e. The zero-order valence-corrected chi connectivity index (χ0v) is 15.4. The van der Waals surface area contributed by atoms with Crippen molar-refractivity contribution in [2.24, 2.45) is 0 Å². The van der Waals surface area contributed by atoms with Gasteiger partial charge in [-0.1, -0.05) is 58.3 Å². The van der Waals surface area contributed by atoms with Crippen LogP contribution in [-0.2, 0) is 4.79 Å². The number of hydrogen-bond acceptors (Lipinski definition) is 2. The molecule has 84 valence electrons. The van der Waals surface area contributed by atoms with E-state index in [2.05, 4.69) is 6.92 Å². The smallest absolute Gasteiger partial charge is 0.550 e. The minimum atomic E-state index is -0.909. The molecular formula is C12H23Na2O2+. The van der Waals surface area contributed by atoms with Gasteiger partial charge in [-0.05, 0) is 12.8 Å². The number of carboxylic acids is 1. The normalized spacial score (nSPS) is 9.06. The average molecular weight is 245 g/mol. The molecule has 0 amide bonds. The zero-order chi connectivity index (χ0) is 10.6. The number of unbranched alkanes of at least 4 members (excludes halogenated alkanes) is 8. The summed E-state index contributed by atoms with van der Waals surface area (Å²) in [7, 11) is 0. The van der Waals surface area contributed by atoms with E-state index < -0.39 is 5.97 Å². The van der Waals surface area contributed by atoms with Crippen molar-refractivity contribution in [3.05, 3.63) is 0 Å². The van der Waals surface area contributed by atoms with Crippen molar-refractivity contribution >= 4 is 5.97 Å². The van der Waals surface area contributed by atoms with Crippen LogP contribution in [0.5, 0.6) is 0 Å².